The molecule has 1 unspecified atom stereocenters. The molecule has 2 heterocycles. The van der Waals surface area contributed by atoms with E-state index in [0.717, 1.165) is 22.2 Å². The van der Waals surface area contributed by atoms with Crippen molar-refractivity contribution in [2.45, 2.75) is 20.0 Å². The Bertz CT molecular complexity index is 1000. The molecule has 4 rings (SSSR count). The fraction of sp³-hybridized carbons (Fsp3) is 0.150. The zero-order valence-corrected chi connectivity index (χ0v) is 14.0. The molecule has 0 fully saturated rings. The summed E-state index contributed by atoms with van der Waals surface area (Å²) in [5.74, 6) is 1.75. The number of rotatable bonds is 4. The van der Waals surface area contributed by atoms with E-state index in [0.29, 0.717) is 11.7 Å². The van der Waals surface area contributed by atoms with Crippen molar-refractivity contribution in [2.24, 2.45) is 0 Å². The first-order valence-electron chi connectivity index (χ1n) is 8.12. The number of ether oxygens (including phenoxy) is 1. The van der Waals surface area contributed by atoms with Crippen molar-refractivity contribution < 1.29 is 9.26 Å². The van der Waals surface area contributed by atoms with Gasteiger partial charge in [-0.25, -0.2) is 0 Å². The lowest BCUT2D eigenvalue weighted by molar-refractivity contribution is 0.178. The van der Waals surface area contributed by atoms with Crippen LogP contribution in [0.2, 0.25) is 0 Å². The van der Waals surface area contributed by atoms with E-state index in [4.69, 9.17) is 9.26 Å². The number of nitrogens with zero attached hydrogens (tertiary/aromatic N) is 3. The van der Waals surface area contributed by atoms with Crippen molar-refractivity contribution in [3.05, 3.63) is 72.2 Å². The van der Waals surface area contributed by atoms with Crippen LogP contribution in [-0.4, -0.2) is 15.1 Å². The Morgan fingerprint density at radius 1 is 1.00 bits per heavy atom. The SMILES string of the molecule is Cc1ccc(-c2noc(C(C)Oc3ccnc4ccccc34)n2)cc1. The van der Waals surface area contributed by atoms with Crippen molar-refractivity contribution in [2.75, 3.05) is 0 Å². The Labute approximate surface area is 145 Å². The van der Waals surface area contributed by atoms with Crippen LogP contribution >= 0.6 is 0 Å². The van der Waals surface area contributed by atoms with E-state index in [1.54, 1.807) is 6.20 Å². The van der Waals surface area contributed by atoms with Crippen LogP contribution in [-0.2, 0) is 0 Å². The first kappa shape index (κ1) is 15.3. The van der Waals surface area contributed by atoms with E-state index in [-0.39, 0.29) is 6.10 Å². The lowest BCUT2D eigenvalue weighted by atomic mass is 10.1. The van der Waals surface area contributed by atoms with E-state index in [1.165, 1.54) is 5.56 Å². The number of pyridine rings is 1. The number of aromatic nitrogens is 3. The smallest absolute Gasteiger partial charge is 0.267 e. The fourth-order valence-electron chi connectivity index (χ4n) is 2.63. The molecule has 0 spiro atoms. The van der Waals surface area contributed by atoms with Crippen LogP contribution < -0.4 is 4.74 Å². The summed E-state index contributed by atoms with van der Waals surface area (Å²) in [6.45, 7) is 3.93. The van der Waals surface area contributed by atoms with Crippen LogP contribution in [0.5, 0.6) is 5.75 Å². The minimum absolute atomic E-state index is 0.363. The summed E-state index contributed by atoms with van der Waals surface area (Å²) in [5.41, 5.74) is 2.99. The third-order valence-corrected chi connectivity index (χ3v) is 4.01. The maximum atomic E-state index is 6.05. The second kappa shape index (κ2) is 6.36. The van der Waals surface area contributed by atoms with Crippen molar-refractivity contribution in [1.82, 2.24) is 15.1 Å². The molecule has 0 amide bonds. The molecule has 2 aromatic heterocycles. The van der Waals surface area contributed by atoms with E-state index >= 15 is 0 Å². The fourth-order valence-corrected chi connectivity index (χ4v) is 2.63. The van der Waals surface area contributed by atoms with Crippen LogP contribution in [0.25, 0.3) is 22.3 Å². The van der Waals surface area contributed by atoms with Crippen LogP contribution in [0.15, 0.2) is 65.3 Å². The van der Waals surface area contributed by atoms with Crippen molar-refractivity contribution in [3.8, 4) is 17.1 Å². The van der Waals surface area contributed by atoms with Gasteiger partial charge in [-0.1, -0.05) is 47.1 Å². The summed E-state index contributed by atoms with van der Waals surface area (Å²) in [4.78, 5) is 8.81. The predicted molar refractivity (Wildman–Crippen MR) is 95.3 cm³/mol. The first-order valence-corrected chi connectivity index (χ1v) is 8.12. The molecular formula is C20H17N3O2. The molecule has 2 aromatic carbocycles. The molecule has 124 valence electrons. The zero-order valence-electron chi connectivity index (χ0n) is 14.0. The van der Waals surface area contributed by atoms with Crippen molar-refractivity contribution in [1.29, 1.82) is 0 Å². The highest BCUT2D eigenvalue weighted by atomic mass is 16.5. The van der Waals surface area contributed by atoms with Gasteiger partial charge in [0.2, 0.25) is 5.82 Å². The van der Waals surface area contributed by atoms with Crippen LogP contribution in [0, 0.1) is 6.92 Å². The molecule has 0 aliphatic carbocycles. The van der Waals surface area contributed by atoms with E-state index in [1.807, 2.05) is 68.4 Å². The van der Waals surface area contributed by atoms with Gasteiger partial charge in [-0.2, -0.15) is 4.98 Å². The second-order valence-corrected chi connectivity index (χ2v) is 5.91. The van der Waals surface area contributed by atoms with Crippen molar-refractivity contribution >= 4 is 10.9 Å². The minimum atomic E-state index is -0.363. The summed E-state index contributed by atoms with van der Waals surface area (Å²) >= 11 is 0. The summed E-state index contributed by atoms with van der Waals surface area (Å²) in [6.07, 6.45) is 1.37. The van der Waals surface area contributed by atoms with Gasteiger partial charge < -0.3 is 9.26 Å². The lowest BCUT2D eigenvalue weighted by Crippen LogP contribution is -2.04. The van der Waals surface area contributed by atoms with Gasteiger partial charge in [0.1, 0.15) is 5.75 Å². The molecular weight excluding hydrogens is 314 g/mol. The van der Waals surface area contributed by atoms with E-state index < -0.39 is 0 Å². The van der Waals surface area contributed by atoms with Crippen molar-refractivity contribution in [3.63, 3.8) is 0 Å². The number of fused-ring (bicyclic) bond motifs is 1. The standard InChI is InChI=1S/C20H17N3O2/c1-13-7-9-15(10-8-13)19-22-20(25-23-19)14(2)24-18-11-12-21-17-6-4-3-5-16(17)18/h3-12,14H,1-2H3. The number of hydrogen-bond donors (Lipinski definition) is 0. The van der Waals surface area contributed by atoms with Gasteiger partial charge in [0.05, 0.1) is 5.52 Å². The summed E-state index contributed by atoms with van der Waals surface area (Å²) < 4.78 is 11.4. The highest BCUT2D eigenvalue weighted by Crippen LogP contribution is 2.28. The number of aryl methyl sites for hydroxylation is 1. The summed E-state index contributed by atoms with van der Waals surface area (Å²) in [6, 6.07) is 17.7. The molecule has 5 heteroatoms. The number of hydrogen-bond acceptors (Lipinski definition) is 5. The molecule has 0 saturated carbocycles. The van der Waals surface area contributed by atoms with Gasteiger partial charge in [0.15, 0.2) is 6.10 Å². The Hall–Kier alpha value is -3.21. The van der Waals surface area contributed by atoms with Crippen LogP contribution in [0.4, 0.5) is 0 Å². The lowest BCUT2D eigenvalue weighted by Gasteiger charge is -2.12. The number of benzene rings is 2. The zero-order chi connectivity index (χ0) is 17.2. The third kappa shape index (κ3) is 3.08. The van der Waals surface area contributed by atoms with E-state index in [9.17, 15) is 0 Å². The molecule has 0 saturated heterocycles. The summed E-state index contributed by atoms with van der Waals surface area (Å²) in [7, 11) is 0. The van der Waals surface area contributed by atoms with Crippen LogP contribution in [0.3, 0.4) is 0 Å². The Balaban J connectivity index is 1.59. The predicted octanol–water partition coefficient (Wildman–Crippen LogP) is 4.73. The molecule has 5 nitrogen and oxygen atoms in total. The Kier molecular flexibility index (Phi) is 3.90. The highest BCUT2D eigenvalue weighted by molar-refractivity contribution is 5.84. The topological polar surface area (TPSA) is 61.0 Å². The molecule has 0 aliphatic heterocycles. The quantitative estimate of drug-likeness (QED) is 0.541. The molecule has 25 heavy (non-hydrogen) atoms. The molecule has 1 atom stereocenters. The summed E-state index contributed by atoms with van der Waals surface area (Å²) in [5, 5.41) is 5.02. The average Bonchev–Trinajstić information content (AvgIpc) is 3.13. The number of para-hydroxylation sites is 1. The monoisotopic (exact) mass is 331 g/mol. The van der Waals surface area contributed by atoms with Gasteiger partial charge >= 0.3 is 0 Å². The molecule has 4 aromatic rings. The Morgan fingerprint density at radius 3 is 2.64 bits per heavy atom. The maximum Gasteiger partial charge on any atom is 0.267 e. The van der Waals surface area contributed by atoms with Crippen LogP contribution in [0.1, 0.15) is 24.5 Å². The average molecular weight is 331 g/mol. The van der Waals surface area contributed by atoms with Gasteiger partial charge in [0, 0.05) is 17.1 Å². The van der Waals surface area contributed by atoms with Gasteiger partial charge in [0.25, 0.3) is 5.89 Å². The molecule has 0 radical (unpaired) electrons. The first-order chi connectivity index (χ1) is 12.2. The largest absolute Gasteiger partial charge is 0.480 e. The highest BCUT2D eigenvalue weighted by Gasteiger charge is 2.18. The second-order valence-electron chi connectivity index (χ2n) is 5.91. The molecule has 0 N–H and O–H groups in total. The maximum absolute atomic E-state index is 6.05. The van der Waals surface area contributed by atoms with Gasteiger partial charge in [-0.15, -0.1) is 0 Å². The molecule has 0 aliphatic rings. The Morgan fingerprint density at radius 2 is 1.80 bits per heavy atom. The third-order valence-electron chi connectivity index (χ3n) is 4.01. The van der Waals surface area contributed by atoms with Gasteiger partial charge in [-0.3, -0.25) is 4.98 Å². The normalized spacial score (nSPS) is 12.2. The van der Waals surface area contributed by atoms with Gasteiger partial charge in [-0.05, 0) is 32.0 Å². The van der Waals surface area contributed by atoms with E-state index in [2.05, 4.69) is 15.1 Å². The molecule has 0 bridgehead atoms. The minimum Gasteiger partial charge on any atom is -0.480 e.